The Kier molecular flexibility index (Phi) is 2.21. The van der Waals surface area contributed by atoms with E-state index in [2.05, 4.69) is 27.4 Å². The first-order valence-corrected chi connectivity index (χ1v) is 8.16. The van der Waals surface area contributed by atoms with Crippen LogP contribution in [0.3, 0.4) is 0 Å². The zero-order chi connectivity index (χ0) is 12.4. The fourth-order valence-corrected chi connectivity index (χ4v) is 5.65. The Morgan fingerprint density at radius 2 is 1.79 bits per heavy atom. The molecule has 2 heterocycles. The maximum absolute atomic E-state index is 4.50. The second-order valence-electron chi connectivity index (χ2n) is 7.23. The van der Waals surface area contributed by atoms with Gasteiger partial charge in [-0.05, 0) is 68.9 Å². The van der Waals surface area contributed by atoms with Crippen molar-refractivity contribution < 1.29 is 0 Å². The SMILES string of the molecule is c1ncn(C2C3C4CCC(C4)C32)c1C1CCNCC1. The van der Waals surface area contributed by atoms with E-state index in [9.17, 15) is 0 Å². The fourth-order valence-electron chi connectivity index (χ4n) is 5.65. The van der Waals surface area contributed by atoms with Crippen molar-refractivity contribution in [2.45, 2.75) is 44.1 Å². The number of imidazole rings is 1. The summed E-state index contributed by atoms with van der Waals surface area (Å²) in [4.78, 5) is 4.50. The van der Waals surface area contributed by atoms with Crippen LogP contribution in [0.15, 0.2) is 12.5 Å². The lowest BCUT2D eigenvalue weighted by atomic mass is 9.94. The van der Waals surface area contributed by atoms with Gasteiger partial charge in [0, 0.05) is 23.9 Å². The first kappa shape index (κ1) is 10.9. The summed E-state index contributed by atoms with van der Waals surface area (Å²) in [6.07, 6.45) is 11.5. The molecule has 19 heavy (non-hydrogen) atoms. The molecule has 2 bridgehead atoms. The maximum atomic E-state index is 4.50. The molecule has 0 spiro atoms. The zero-order valence-corrected chi connectivity index (χ0v) is 11.5. The molecule has 3 saturated carbocycles. The molecule has 0 amide bonds. The topological polar surface area (TPSA) is 29.9 Å². The molecule has 5 rings (SSSR count). The number of piperidine rings is 1. The van der Waals surface area contributed by atoms with E-state index in [4.69, 9.17) is 0 Å². The van der Waals surface area contributed by atoms with Crippen molar-refractivity contribution in [1.29, 1.82) is 0 Å². The van der Waals surface area contributed by atoms with E-state index in [1.807, 2.05) is 0 Å². The van der Waals surface area contributed by atoms with E-state index in [1.54, 1.807) is 12.1 Å². The minimum absolute atomic E-state index is 0.753. The molecule has 3 aliphatic carbocycles. The summed E-state index contributed by atoms with van der Waals surface area (Å²) in [7, 11) is 0. The summed E-state index contributed by atoms with van der Waals surface area (Å²) in [6.45, 7) is 2.36. The van der Waals surface area contributed by atoms with Crippen LogP contribution in [-0.2, 0) is 0 Å². The molecule has 3 heteroatoms. The van der Waals surface area contributed by atoms with E-state index >= 15 is 0 Å². The molecule has 1 N–H and O–H groups in total. The summed E-state index contributed by atoms with van der Waals surface area (Å²) < 4.78 is 2.59. The molecular weight excluding hydrogens is 234 g/mol. The van der Waals surface area contributed by atoms with Crippen molar-refractivity contribution in [2.75, 3.05) is 13.1 Å². The Bertz CT molecular complexity index is 472. The van der Waals surface area contributed by atoms with Crippen molar-refractivity contribution in [2.24, 2.45) is 23.7 Å². The van der Waals surface area contributed by atoms with E-state index < -0.39 is 0 Å². The van der Waals surface area contributed by atoms with E-state index in [0.29, 0.717) is 0 Å². The van der Waals surface area contributed by atoms with Gasteiger partial charge in [-0.2, -0.15) is 0 Å². The monoisotopic (exact) mass is 257 g/mol. The number of aromatic nitrogens is 2. The molecule has 3 nitrogen and oxygen atoms in total. The summed E-state index contributed by atoms with van der Waals surface area (Å²) in [6, 6.07) is 0.832. The first-order valence-electron chi connectivity index (χ1n) is 8.16. The Morgan fingerprint density at radius 3 is 2.53 bits per heavy atom. The number of fused-ring (bicyclic) bond motifs is 5. The lowest BCUT2D eigenvalue weighted by Crippen LogP contribution is -2.27. The van der Waals surface area contributed by atoms with E-state index in [0.717, 1.165) is 35.6 Å². The molecule has 0 radical (unpaired) electrons. The second kappa shape index (κ2) is 3.85. The van der Waals surface area contributed by atoms with E-state index in [1.165, 1.54) is 38.8 Å². The number of nitrogens with zero attached hydrogens (tertiary/aromatic N) is 2. The van der Waals surface area contributed by atoms with Gasteiger partial charge >= 0.3 is 0 Å². The molecular formula is C16H23N3. The van der Waals surface area contributed by atoms with E-state index in [-0.39, 0.29) is 0 Å². The Labute approximate surface area is 114 Å². The first-order chi connectivity index (χ1) is 9.43. The summed E-state index contributed by atoms with van der Waals surface area (Å²) in [5, 5.41) is 3.48. The van der Waals surface area contributed by atoms with Crippen molar-refractivity contribution in [3.05, 3.63) is 18.2 Å². The van der Waals surface area contributed by atoms with Crippen molar-refractivity contribution >= 4 is 0 Å². The number of hydrogen-bond acceptors (Lipinski definition) is 2. The smallest absolute Gasteiger partial charge is 0.0951 e. The quantitative estimate of drug-likeness (QED) is 0.882. The van der Waals surface area contributed by atoms with Gasteiger partial charge in [-0.3, -0.25) is 0 Å². The van der Waals surface area contributed by atoms with Gasteiger partial charge in [-0.1, -0.05) is 0 Å². The minimum Gasteiger partial charge on any atom is -0.331 e. The molecule has 0 aromatic carbocycles. The molecule has 1 aromatic heterocycles. The van der Waals surface area contributed by atoms with Gasteiger partial charge in [0.1, 0.15) is 0 Å². The van der Waals surface area contributed by atoms with Gasteiger partial charge in [0.05, 0.1) is 6.33 Å². The molecule has 4 unspecified atom stereocenters. The lowest BCUT2D eigenvalue weighted by Gasteiger charge is -2.24. The highest BCUT2D eigenvalue weighted by atomic mass is 15.1. The van der Waals surface area contributed by atoms with Crippen LogP contribution in [0, 0.1) is 23.7 Å². The van der Waals surface area contributed by atoms with Crippen LogP contribution in [-0.4, -0.2) is 22.6 Å². The highest BCUT2D eigenvalue weighted by Gasteiger charge is 2.66. The van der Waals surface area contributed by atoms with Gasteiger partial charge in [-0.15, -0.1) is 0 Å². The maximum Gasteiger partial charge on any atom is 0.0951 e. The molecule has 1 aromatic rings. The Balaban J connectivity index is 1.43. The average molecular weight is 257 g/mol. The highest BCUT2D eigenvalue weighted by molar-refractivity contribution is 5.20. The predicted octanol–water partition coefficient (Wildman–Crippen LogP) is 2.57. The van der Waals surface area contributed by atoms with Gasteiger partial charge in [-0.25, -0.2) is 4.98 Å². The summed E-state index contributed by atoms with van der Waals surface area (Å²) >= 11 is 0. The van der Waals surface area contributed by atoms with Crippen molar-refractivity contribution in [3.63, 3.8) is 0 Å². The van der Waals surface area contributed by atoms with Crippen LogP contribution in [0.25, 0.3) is 0 Å². The van der Waals surface area contributed by atoms with Crippen LogP contribution in [0.1, 0.15) is 49.8 Å². The van der Waals surface area contributed by atoms with Crippen molar-refractivity contribution in [1.82, 2.24) is 14.9 Å². The Morgan fingerprint density at radius 1 is 1.05 bits per heavy atom. The summed E-state index contributed by atoms with van der Waals surface area (Å²) in [5.74, 6) is 4.91. The van der Waals surface area contributed by atoms with Crippen LogP contribution < -0.4 is 5.32 Å². The molecule has 4 aliphatic rings. The molecule has 1 saturated heterocycles. The Hall–Kier alpha value is -0.830. The van der Waals surface area contributed by atoms with Crippen molar-refractivity contribution in [3.8, 4) is 0 Å². The van der Waals surface area contributed by atoms with Gasteiger partial charge in [0.25, 0.3) is 0 Å². The standard InChI is InChI=1S/C16H23N3/c1-2-12-7-11(1)14-15(12)16(14)19-9-18-8-13(19)10-3-5-17-6-4-10/h8-12,14-17H,1-7H2. The van der Waals surface area contributed by atoms with Crippen LogP contribution in [0.2, 0.25) is 0 Å². The average Bonchev–Trinajstić information content (AvgIpc) is 2.89. The number of rotatable bonds is 2. The van der Waals surface area contributed by atoms with Crippen LogP contribution >= 0.6 is 0 Å². The predicted molar refractivity (Wildman–Crippen MR) is 73.9 cm³/mol. The van der Waals surface area contributed by atoms with Gasteiger partial charge in [0.2, 0.25) is 0 Å². The zero-order valence-electron chi connectivity index (χ0n) is 11.5. The molecule has 1 aliphatic heterocycles. The number of hydrogen-bond donors (Lipinski definition) is 1. The van der Waals surface area contributed by atoms with Crippen LogP contribution in [0.5, 0.6) is 0 Å². The fraction of sp³-hybridized carbons (Fsp3) is 0.812. The largest absolute Gasteiger partial charge is 0.331 e. The lowest BCUT2D eigenvalue weighted by molar-refractivity contribution is 0.409. The third-order valence-electron chi connectivity index (χ3n) is 6.47. The van der Waals surface area contributed by atoms with Gasteiger partial charge in [0.15, 0.2) is 0 Å². The third-order valence-corrected chi connectivity index (χ3v) is 6.47. The summed E-state index contributed by atoms with van der Waals surface area (Å²) in [5.41, 5.74) is 1.54. The molecule has 4 fully saturated rings. The number of nitrogens with one attached hydrogen (secondary N) is 1. The normalized spacial score (nSPS) is 44.5. The highest BCUT2D eigenvalue weighted by Crippen LogP contribution is 2.71. The third kappa shape index (κ3) is 1.45. The molecule has 4 atom stereocenters. The van der Waals surface area contributed by atoms with Gasteiger partial charge < -0.3 is 9.88 Å². The van der Waals surface area contributed by atoms with Crippen LogP contribution in [0.4, 0.5) is 0 Å². The second-order valence-corrected chi connectivity index (χ2v) is 7.23. The molecule has 102 valence electrons. The minimum atomic E-state index is 0.753.